The maximum absolute atomic E-state index is 13.7. The largest absolute Gasteiger partial charge is 0.342 e. The maximum Gasteiger partial charge on any atom is 0.274 e. The van der Waals surface area contributed by atoms with Crippen molar-refractivity contribution in [1.82, 2.24) is 24.7 Å². The molecule has 1 spiro atoms. The van der Waals surface area contributed by atoms with E-state index >= 15 is 0 Å². The molecule has 4 fully saturated rings. The number of amides is 3. The summed E-state index contributed by atoms with van der Waals surface area (Å²) < 4.78 is 0. The van der Waals surface area contributed by atoms with Gasteiger partial charge in [-0.2, -0.15) is 0 Å². The van der Waals surface area contributed by atoms with E-state index in [-0.39, 0.29) is 29.1 Å². The number of aryl methyl sites for hydroxylation is 1. The normalized spacial score (nSPS) is 28.9. The highest BCUT2D eigenvalue weighted by Crippen LogP contribution is 2.62. The van der Waals surface area contributed by atoms with Gasteiger partial charge in [0.1, 0.15) is 5.69 Å². The summed E-state index contributed by atoms with van der Waals surface area (Å²) in [5.41, 5.74) is 0.764. The maximum atomic E-state index is 13.7. The zero-order valence-electron chi connectivity index (χ0n) is 19.2. The van der Waals surface area contributed by atoms with Gasteiger partial charge in [0.2, 0.25) is 11.8 Å². The van der Waals surface area contributed by atoms with Gasteiger partial charge in [-0.1, -0.05) is 0 Å². The molecular weight excluding hydrogens is 406 g/mol. The van der Waals surface area contributed by atoms with Crippen LogP contribution < -0.4 is 0 Å². The smallest absolute Gasteiger partial charge is 0.274 e. The Morgan fingerprint density at radius 1 is 0.906 bits per heavy atom. The third-order valence-corrected chi connectivity index (χ3v) is 8.66. The van der Waals surface area contributed by atoms with Crippen molar-refractivity contribution in [1.29, 1.82) is 0 Å². The van der Waals surface area contributed by atoms with Crippen molar-refractivity contribution in [2.24, 2.45) is 16.7 Å². The first-order valence-electron chi connectivity index (χ1n) is 12.0. The summed E-state index contributed by atoms with van der Waals surface area (Å²) in [4.78, 5) is 53.3. The Labute approximate surface area is 189 Å². The molecule has 2 atom stereocenters. The van der Waals surface area contributed by atoms with Gasteiger partial charge in [-0.05, 0) is 56.8 Å². The molecule has 1 saturated carbocycles. The van der Waals surface area contributed by atoms with E-state index in [0.717, 1.165) is 57.3 Å². The van der Waals surface area contributed by atoms with Crippen LogP contribution in [0.4, 0.5) is 0 Å². The van der Waals surface area contributed by atoms with Gasteiger partial charge in [-0.3, -0.25) is 19.4 Å². The molecule has 8 nitrogen and oxygen atoms in total. The fourth-order valence-electron chi connectivity index (χ4n) is 6.81. The van der Waals surface area contributed by atoms with E-state index in [1.54, 1.807) is 19.3 Å². The Morgan fingerprint density at radius 3 is 2.25 bits per heavy atom. The predicted octanol–water partition coefficient (Wildman–Crippen LogP) is 1.89. The molecule has 1 aliphatic carbocycles. The van der Waals surface area contributed by atoms with Crippen LogP contribution in [0.3, 0.4) is 0 Å². The van der Waals surface area contributed by atoms with Gasteiger partial charge in [0.25, 0.3) is 5.91 Å². The molecule has 3 saturated heterocycles. The molecule has 0 radical (unpaired) electrons. The first-order valence-corrected chi connectivity index (χ1v) is 12.0. The highest BCUT2D eigenvalue weighted by Gasteiger charge is 2.65. The van der Waals surface area contributed by atoms with E-state index in [1.807, 2.05) is 21.6 Å². The minimum atomic E-state index is -0.440. The molecule has 0 aromatic carbocycles. The minimum Gasteiger partial charge on any atom is -0.342 e. The van der Waals surface area contributed by atoms with Crippen molar-refractivity contribution < 1.29 is 14.4 Å². The van der Waals surface area contributed by atoms with Crippen LogP contribution in [0.1, 0.15) is 61.6 Å². The third kappa shape index (κ3) is 3.30. The van der Waals surface area contributed by atoms with Crippen LogP contribution in [0.2, 0.25) is 0 Å². The predicted molar refractivity (Wildman–Crippen MR) is 118 cm³/mol. The molecule has 1 aromatic heterocycles. The summed E-state index contributed by atoms with van der Waals surface area (Å²) in [5.74, 6) is 0.452. The first-order chi connectivity index (χ1) is 15.3. The molecule has 5 rings (SSSR count). The number of hydrogen-bond donors (Lipinski definition) is 0. The standard InChI is InChI=1S/C24H33N5O3/c1-17-13-26-19(14-25-17)21(31)27-11-7-23(8-12-27)5-6-24(22(32)28-9-3-4-10-28)16-29(18(2)30)15-20(23)24/h13-14,20H,3-12,15-16H2,1-2H3/t20-,24+/m0/s1. The second-order valence-corrected chi connectivity index (χ2v) is 10.3. The van der Waals surface area contributed by atoms with Crippen molar-refractivity contribution in [3.05, 3.63) is 23.8 Å². The van der Waals surface area contributed by atoms with Crippen molar-refractivity contribution in [3.63, 3.8) is 0 Å². The van der Waals surface area contributed by atoms with Gasteiger partial charge < -0.3 is 14.7 Å². The quantitative estimate of drug-likeness (QED) is 0.702. The van der Waals surface area contributed by atoms with Crippen molar-refractivity contribution >= 4 is 17.7 Å². The molecule has 3 amide bonds. The highest BCUT2D eigenvalue weighted by atomic mass is 16.2. The number of likely N-dealkylation sites (tertiary alicyclic amines) is 3. The molecule has 0 bridgehead atoms. The zero-order valence-corrected chi connectivity index (χ0v) is 19.2. The van der Waals surface area contributed by atoms with E-state index in [4.69, 9.17) is 0 Å². The molecule has 1 aromatic rings. The lowest BCUT2D eigenvalue weighted by Gasteiger charge is -2.44. The van der Waals surface area contributed by atoms with Crippen LogP contribution in [-0.4, -0.2) is 81.7 Å². The Hall–Kier alpha value is -2.51. The SMILES string of the molecule is CC(=O)N1C[C@H]2C3(CCN(C(=O)c4cnc(C)cn4)CC3)CC[C@@]2(C(=O)N2CCCC2)C1. The molecule has 172 valence electrons. The van der Waals surface area contributed by atoms with Crippen molar-refractivity contribution in [2.75, 3.05) is 39.3 Å². The Bertz CT molecular complexity index is 918. The lowest BCUT2D eigenvalue weighted by atomic mass is 9.65. The minimum absolute atomic E-state index is 0.0231. The topological polar surface area (TPSA) is 86.7 Å². The summed E-state index contributed by atoms with van der Waals surface area (Å²) >= 11 is 0. The lowest BCUT2D eigenvalue weighted by Crippen LogP contribution is -2.50. The Kier molecular flexibility index (Phi) is 5.21. The molecular formula is C24H33N5O3. The fourth-order valence-corrected chi connectivity index (χ4v) is 6.81. The van der Waals surface area contributed by atoms with Gasteiger partial charge in [-0.15, -0.1) is 0 Å². The average Bonchev–Trinajstić information content (AvgIpc) is 3.52. The molecule has 0 N–H and O–H groups in total. The van der Waals surface area contributed by atoms with Gasteiger partial charge in [0.15, 0.2) is 0 Å². The molecule has 32 heavy (non-hydrogen) atoms. The third-order valence-electron chi connectivity index (χ3n) is 8.66. The number of hydrogen-bond acceptors (Lipinski definition) is 5. The van der Waals surface area contributed by atoms with Crippen LogP contribution >= 0.6 is 0 Å². The van der Waals surface area contributed by atoms with Gasteiger partial charge in [0, 0.05) is 52.4 Å². The van der Waals surface area contributed by atoms with Gasteiger partial charge in [-0.25, -0.2) is 4.98 Å². The Balaban J connectivity index is 1.35. The highest BCUT2D eigenvalue weighted by molar-refractivity contribution is 5.92. The van der Waals surface area contributed by atoms with Crippen LogP contribution in [-0.2, 0) is 9.59 Å². The number of nitrogens with zero attached hydrogens (tertiary/aromatic N) is 5. The summed E-state index contributed by atoms with van der Waals surface area (Å²) in [6.45, 7) is 7.73. The number of aromatic nitrogens is 2. The van der Waals surface area contributed by atoms with Gasteiger partial charge in [0.05, 0.1) is 17.3 Å². The molecule has 4 heterocycles. The fraction of sp³-hybridized carbons (Fsp3) is 0.708. The van der Waals surface area contributed by atoms with E-state index < -0.39 is 5.41 Å². The van der Waals surface area contributed by atoms with Crippen LogP contribution in [0.5, 0.6) is 0 Å². The summed E-state index contributed by atoms with van der Waals surface area (Å²) in [6, 6.07) is 0. The van der Waals surface area contributed by atoms with Crippen LogP contribution in [0.25, 0.3) is 0 Å². The average molecular weight is 440 g/mol. The van der Waals surface area contributed by atoms with Crippen molar-refractivity contribution in [3.8, 4) is 0 Å². The van der Waals surface area contributed by atoms with Crippen molar-refractivity contribution in [2.45, 2.75) is 52.4 Å². The van der Waals surface area contributed by atoms with Crippen LogP contribution in [0, 0.1) is 23.7 Å². The molecule has 3 aliphatic heterocycles. The second-order valence-electron chi connectivity index (χ2n) is 10.3. The molecule has 4 aliphatic rings. The van der Waals surface area contributed by atoms with E-state index in [1.165, 1.54) is 0 Å². The zero-order chi connectivity index (χ0) is 22.5. The summed E-state index contributed by atoms with van der Waals surface area (Å²) in [7, 11) is 0. The summed E-state index contributed by atoms with van der Waals surface area (Å²) in [6.07, 6.45) is 8.96. The van der Waals surface area contributed by atoms with E-state index in [2.05, 4.69) is 9.97 Å². The van der Waals surface area contributed by atoms with E-state index in [9.17, 15) is 14.4 Å². The molecule has 0 unspecified atom stereocenters. The number of carbonyl (C=O) groups excluding carboxylic acids is 3. The monoisotopic (exact) mass is 439 g/mol. The number of fused-ring (bicyclic) bond motifs is 2. The first kappa shape index (κ1) is 21.3. The number of piperidine rings is 1. The lowest BCUT2D eigenvalue weighted by molar-refractivity contribution is -0.143. The van der Waals surface area contributed by atoms with Gasteiger partial charge >= 0.3 is 0 Å². The second kappa shape index (κ2) is 7.81. The molecule has 8 heteroatoms. The Morgan fingerprint density at radius 2 is 1.62 bits per heavy atom. The summed E-state index contributed by atoms with van der Waals surface area (Å²) in [5, 5.41) is 0. The van der Waals surface area contributed by atoms with Crippen LogP contribution in [0.15, 0.2) is 12.4 Å². The number of rotatable bonds is 2. The number of carbonyl (C=O) groups is 3. The van der Waals surface area contributed by atoms with E-state index in [0.29, 0.717) is 31.9 Å².